The topological polar surface area (TPSA) is 47.0 Å². The van der Waals surface area contributed by atoms with Crippen LogP contribution in [0.4, 0.5) is 19.1 Å². The minimum absolute atomic E-state index is 0.254. The number of aromatic nitrogens is 2. The molecule has 0 fully saturated rings. The van der Waals surface area contributed by atoms with Crippen LogP contribution in [0, 0.1) is 12.3 Å². The number of benzene rings is 1. The molecule has 1 aromatic carbocycles. The third-order valence-corrected chi connectivity index (χ3v) is 2.40. The fraction of sp³-hybridized carbons (Fsp3) is 0.143. The van der Waals surface area contributed by atoms with Crippen molar-refractivity contribution in [3.05, 3.63) is 47.8 Å². The standard InChI is InChI=1S/C14H10F3N3O/c1-2-10-7-18-13(19-8-10)20-9-11-4-3-5-12(6-11)21-14(15,16)17/h1,3-8H,9H2,(H,18,19,20). The largest absolute Gasteiger partial charge is 0.573 e. The zero-order valence-electron chi connectivity index (χ0n) is 10.7. The van der Waals surface area contributed by atoms with Gasteiger partial charge in [0, 0.05) is 18.9 Å². The van der Waals surface area contributed by atoms with Crippen LogP contribution in [0.2, 0.25) is 0 Å². The Hall–Kier alpha value is -2.75. The van der Waals surface area contributed by atoms with E-state index in [0.717, 1.165) is 0 Å². The summed E-state index contributed by atoms with van der Waals surface area (Å²) in [5.74, 6) is 2.44. The maximum Gasteiger partial charge on any atom is 0.573 e. The van der Waals surface area contributed by atoms with Gasteiger partial charge in [0.1, 0.15) is 5.75 Å². The molecule has 1 N–H and O–H groups in total. The molecule has 0 aliphatic rings. The Balaban J connectivity index is 1.99. The lowest BCUT2D eigenvalue weighted by molar-refractivity contribution is -0.274. The van der Waals surface area contributed by atoms with E-state index in [1.165, 1.54) is 30.6 Å². The first-order chi connectivity index (χ1) is 9.96. The Morgan fingerprint density at radius 2 is 1.95 bits per heavy atom. The lowest BCUT2D eigenvalue weighted by Gasteiger charge is -2.10. The van der Waals surface area contributed by atoms with Crippen LogP contribution in [0.15, 0.2) is 36.7 Å². The van der Waals surface area contributed by atoms with E-state index >= 15 is 0 Å². The van der Waals surface area contributed by atoms with Gasteiger partial charge in [-0.05, 0) is 17.7 Å². The van der Waals surface area contributed by atoms with Crippen molar-refractivity contribution in [3.8, 4) is 18.1 Å². The summed E-state index contributed by atoms with van der Waals surface area (Å²) in [6.07, 6.45) is 3.41. The van der Waals surface area contributed by atoms with E-state index in [1.54, 1.807) is 6.07 Å². The number of ether oxygens (including phenoxy) is 1. The van der Waals surface area contributed by atoms with E-state index in [4.69, 9.17) is 6.42 Å². The molecule has 7 heteroatoms. The van der Waals surface area contributed by atoms with Gasteiger partial charge in [-0.3, -0.25) is 0 Å². The van der Waals surface area contributed by atoms with Gasteiger partial charge in [0.15, 0.2) is 0 Å². The van der Waals surface area contributed by atoms with Crippen molar-refractivity contribution in [2.75, 3.05) is 5.32 Å². The molecule has 0 saturated carbocycles. The van der Waals surface area contributed by atoms with Crippen LogP contribution >= 0.6 is 0 Å². The Morgan fingerprint density at radius 1 is 1.24 bits per heavy atom. The Labute approximate surface area is 119 Å². The molecule has 0 aliphatic heterocycles. The molecule has 0 atom stereocenters. The molecule has 108 valence electrons. The molecule has 2 rings (SSSR count). The quantitative estimate of drug-likeness (QED) is 0.880. The lowest BCUT2D eigenvalue weighted by atomic mass is 10.2. The van der Waals surface area contributed by atoms with Gasteiger partial charge in [0.25, 0.3) is 0 Å². The van der Waals surface area contributed by atoms with E-state index in [9.17, 15) is 13.2 Å². The first kappa shape index (κ1) is 14.7. The maximum atomic E-state index is 12.1. The van der Waals surface area contributed by atoms with E-state index in [-0.39, 0.29) is 12.3 Å². The summed E-state index contributed by atoms with van der Waals surface area (Å²) in [6.45, 7) is 0.254. The van der Waals surface area contributed by atoms with Gasteiger partial charge in [-0.2, -0.15) is 0 Å². The maximum absolute atomic E-state index is 12.1. The highest BCUT2D eigenvalue weighted by Crippen LogP contribution is 2.23. The minimum Gasteiger partial charge on any atom is -0.406 e. The van der Waals surface area contributed by atoms with E-state index < -0.39 is 6.36 Å². The zero-order chi connectivity index (χ0) is 15.3. The summed E-state index contributed by atoms with van der Waals surface area (Å²) in [5.41, 5.74) is 1.14. The number of terminal acetylenes is 1. The number of alkyl halides is 3. The average Bonchev–Trinajstić information content (AvgIpc) is 2.44. The molecule has 0 aliphatic carbocycles. The van der Waals surface area contributed by atoms with Crippen molar-refractivity contribution in [1.29, 1.82) is 0 Å². The van der Waals surface area contributed by atoms with Crippen molar-refractivity contribution in [1.82, 2.24) is 9.97 Å². The number of nitrogens with zero attached hydrogens (tertiary/aromatic N) is 2. The van der Waals surface area contributed by atoms with Gasteiger partial charge < -0.3 is 10.1 Å². The monoisotopic (exact) mass is 293 g/mol. The average molecular weight is 293 g/mol. The molecule has 0 radical (unpaired) electrons. The van der Waals surface area contributed by atoms with Gasteiger partial charge in [-0.15, -0.1) is 19.6 Å². The molecule has 0 bridgehead atoms. The molecular weight excluding hydrogens is 283 g/mol. The van der Waals surface area contributed by atoms with E-state index in [1.807, 2.05) is 0 Å². The number of rotatable bonds is 4. The lowest BCUT2D eigenvalue weighted by Crippen LogP contribution is -2.17. The van der Waals surface area contributed by atoms with E-state index in [0.29, 0.717) is 17.1 Å². The van der Waals surface area contributed by atoms with Crippen LogP contribution in [-0.2, 0) is 6.54 Å². The van der Waals surface area contributed by atoms with Gasteiger partial charge in [-0.1, -0.05) is 18.1 Å². The van der Waals surface area contributed by atoms with Gasteiger partial charge in [-0.25, -0.2) is 9.97 Å². The molecule has 21 heavy (non-hydrogen) atoms. The molecule has 0 saturated heterocycles. The van der Waals surface area contributed by atoms with Crippen LogP contribution in [0.5, 0.6) is 5.75 Å². The van der Waals surface area contributed by atoms with Crippen molar-refractivity contribution >= 4 is 5.95 Å². The van der Waals surface area contributed by atoms with Crippen molar-refractivity contribution in [3.63, 3.8) is 0 Å². The Bertz CT molecular complexity index is 648. The third-order valence-electron chi connectivity index (χ3n) is 2.40. The predicted octanol–water partition coefficient (Wildman–Crippen LogP) is 2.97. The summed E-state index contributed by atoms with van der Waals surface area (Å²) in [5, 5.41) is 2.87. The number of hydrogen-bond donors (Lipinski definition) is 1. The Kier molecular flexibility index (Phi) is 4.28. The number of nitrogens with one attached hydrogen (secondary N) is 1. The van der Waals surface area contributed by atoms with Crippen LogP contribution in [0.25, 0.3) is 0 Å². The zero-order valence-corrected chi connectivity index (χ0v) is 10.7. The molecular formula is C14H10F3N3O. The van der Waals surface area contributed by atoms with Crippen molar-refractivity contribution < 1.29 is 17.9 Å². The SMILES string of the molecule is C#Cc1cnc(NCc2cccc(OC(F)(F)F)c2)nc1. The summed E-state index contributed by atoms with van der Waals surface area (Å²) in [6, 6.07) is 5.65. The normalized spacial score (nSPS) is 10.8. The molecule has 0 spiro atoms. The predicted molar refractivity (Wildman–Crippen MR) is 70.4 cm³/mol. The highest BCUT2D eigenvalue weighted by atomic mass is 19.4. The molecule has 0 unspecified atom stereocenters. The van der Waals surface area contributed by atoms with Gasteiger partial charge in [0.2, 0.25) is 5.95 Å². The highest BCUT2D eigenvalue weighted by Gasteiger charge is 2.31. The molecule has 2 aromatic rings. The molecule has 0 amide bonds. The first-order valence-electron chi connectivity index (χ1n) is 5.83. The molecule has 4 nitrogen and oxygen atoms in total. The third kappa shape index (κ3) is 4.69. The Morgan fingerprint density at radius 3 is 2.57 bits per heavy atom. The molecule has 1 aromatic heterocycles. The highest BCUT2D eigenvalue weighted by molar-refractivity contribution is 5.34. The minimum atomic E-state index is -4.71. The first-order valence-corrected chi connectivity index (χ1v) is 5.83. The smallest absolute Gasteiger partial charge is 0.406 e. The van der Waals surface area contributed by atoms with E-state index in [2.05, 4.69) is 25.9 Å². The number of hydrogen-bond acceptors (Lipinski definition) is 4. The van der Waals surface area contributed by atoms with Gasteiger partial charge >= 0.3 is 6.36 Å². The summed E-state index contributed by atoms with van der Waals surface area (Å²) >= 11 is 0. The summed E-state index contributed by atoms with van der Waals surface area (Å²) < 4.78 is 40.2. The fourth-order valence-corrected chi connectivity index (χ4v) is 1.53. The van der Waals surface area contributed by atoms with Crippen LogP contribution in [0.3, 0.4) is 0 Å². The van der Waals surface area contributed by atoms with Crippen molar-refractivity contribution in [2.45, 2.75) is 12.9 Å². The van der Waals surface area contributed by atoms with Crippen LogP contribution in [-0.4, -0.2) is 16.3 Å². The second-order valence-corrected chi connectivity index (χ2v) is 3.99. The molecule has 1 heterocycles. The van der Waals surface area contributed by atoms with Gasteiger partial charge in [0.05, 0.1) is 5.56 Å². The second-order valence-electron chi connectivity index (χ2n) is 3.99. The number of anilines is 1. The van der Waals surface area contributed by atoms with Crippen molar-refractivity contribution in [2.24, 2.45) is 0 Å². The summed E-state index contributed by atoms with van der Waals surface area (Å²) in [7, 11) is 0. The fourth-order valence-electron chi connectivity index (χ4n) is 1.53. The number of halogens is 3. The van der Waals surface area contributed by atoms with Crippen LogP contribution < -0.4 is 10.1 Å². The summed E-state index contributed by atoms with van der Waals surface area (Å²) in [4.78, 5) is 7.94. The second kappa shape index (κ2) is 6.13. The van der Waals surface area contributed by atoms with Crippen LogP contribution in [0.1, 0.15) is 11.1 Å².